The van der Waals surface area contributed by atoms with Gasteiger partial charge in [-0.1, -0.05) is 13.3 Å². The minimum absolute atomic E-state index is 0.0596. The summed E-state index contributed by atoms with van der Waals surface area (Å²) in [5, 5.41) is 9.90. The molecule has 52 valence electrons. The van der Waals surface area contributed by atoms with E-state index < -0.39 is 4.92 Å². The number of allylic oxidation sites excluding steroid dienone is 1. The van der Waals surface area contributed by atoms with E-state index in [1.165, 1.54) is 0 Å². The van der Waals surface area contributed by atoms with Crippen molar-refractivity contribution in [1.29, 1.82) is 0 Å². The number of nitro groups is 1. The summed E-state index contributed by atoms with van der Waals surface area (Å²) in [5.41, 5.74) is 0. The van der Waals surface area contributed by atoms with Crippen molar-refractivity contribution in [2.45, 2.75) is 19.8 Å². The molecule has 0 aliphatic heterocycles. The molecule has 0 fully saturated rings. The molecule has 0 bridgehead atoms. The van der Waals surface area contributed by atoms with Crippen LogP contribution in [0.25, 0.3) is 0 Å². The smallest absolute Gasteiger partial charge is 0.258 e. The average Bonchev–Trinajstić information content (AvgIpc) is 1.82. The van der Waals surface area contributed by atoms with Crippen LogP contribution in [0.3, 0.4) is 0 Å². The number of hydrogen-bond acceptors (Lipinski definition) is 2. The molecule has 0 amide bonds. The van der Waals surface area contributed by atoms with Crippen LogP contribution in [0.1, 0.15) is 19.8 Å². The fourth-order valence-corrected chi connectivity index (χ4v) is 0.567. The average molecular weight is 194 g/mol. The molecule has 0 rings (SSSR count). The van der Waals surface area contributed by atoms with E-state index in [9.17, 15) is 10.1 Å². The molecule has 0 N–H and O–H groups in total. The molecule has 0 saturated heterocycles. The Kier molecular flexibility index (Phi) is 4.30. The highest BCUT2D eigenvalue weighted by Gasteiger charge is 2.00. The van der Waals surface area contributed by atoms with Crippen LogP contribution < -0.4 is 0 Å². The molecule has 9 heavy (non-hydrogen) atoms. The highest BCUT2D eigenvalue weighted by atomic mass is 79.9. The molecule has 0 aromatic rings. The topological polar surface area (TPSA) is 43.1 Å². The maximum absolute atomic E-state index is 9.90. The van der Waals surface area contributed by atoms with E-state index in [0.29, 0.717) is 0 Å². The van der Waals surface area contributed by atoms with E-state index >= 15 is 0 Å². The summed E-state index contributed by atoms with van der Waals surface area (Å²) in [5.74, 6) is 0. The van der Waals surface area contributed by atoms with Crippen molar-refractivity contribution >= 4 is 15.9 Å². The van der Waals surface area contributed by atoms with E-state index in [4.69, 9.17) is 0 Å². The standard InChI is InChI=1S/C5H8BrNO2/c1-2-3-4-5(6)7(8)9/h4H,2-3H2,1H3. The van der Waals surface area contributed by atoms with Gasteiger partial charge in [0.05, 0.1) is 4.92 Å². The van der Waals surface area contributed by atoms with Crippen molar-refractivity contribution in [3.05, 3.63) is 20.8 Å². The van der Waals surface area contributed by atoms with Crippen molar-refractivity contribution in [2.75, 3.05) is 0 Å². The first-order valence-electron chi connectivity index (χ1n) is 2.68. The summed E-state index contributed by atoms with van der Waals surface area (Å²) in [7, 11) is 0. The minimum atomic E-state index is -0.449. The van der Waals surface area contributed by atoms with Crippen LogP contribution in [-0.4, -0.2) is 4.92 Å². The quantitative estimate of drug-likeness (QED) is 0.393. The van der Waals surface area contributed by atoms with Gasteiger partial charge in [0.1, 0.15) is 0 Å². The summed E-state index contributed by atoms with van der Waals surface area (Å²) >= 11 is 2.81. The van der Waals surface area contributed by atoms with Gasteiger partial charge in [-0.15, -0.1) is 0 Å². The lowest BCUT2D eigenvalue weighted by atomic mass is 10.3. The molecule has 0 saturated carbocycles. The highest BCUT2D eigenvalue weighted by molar-refractivity contribution is 9.11. The van der Waals surface area contributed by atoms with Crippen LogP contribution in [0.15, 0.2) is 10.7 Å². The Balaban J connectivity index is 3.69. The largest absolute Gasteiger partial charge is 0.306 e. The fourth-order valence-electron chi connectivity index (χ4n) is 0.338. The zero-order chi connectivity index (χ0) is 7.28. The molecule has 0 spiro atoms. The lowest BCUT2D eigenvalue weighted by Crippen LogP contribution is -1.89. The van der Waals surface area contributed by atoms with Crippen molar-refractivity contribution in [1.82, 2.24) is 0 Å². The SMILES string of the molecule is CCCC=C(Br)[N+](=O)[O-]. The second-order valence-electron chi connectivity index (χ2n) is 1.57. The normalized spacial score (nSPS) is 11.6. The van der Waals surface area contributed by atoms with Crippen LogP contribution in [0, 0.1) is 10.1 Å². The van der Waals surface area contributed by atoms with Gasteiger partial charge in [-0.3, -0.25) is 10.1 Å². The number of rotatable bonds is 3. The molecular formula is C5H8BrNO2. The van der Waals surface area contributed by atoms with Gasteiger partial charge >= 0.3 is 4.61 Å². The molecule has 0 aliphatic rings. The molecule has 0 radical (unpaired) electrons. The molecule has 0 atom stereocenters. The zero-order valence-electron chi connectivity index (χ0n) is 5.13. The van der Waals surface area contributed by atoms with Crippen molar-refractivity contribution in [3.8, 4) is 0 Å². The van der Waals surface area contributed by atoms with Gasteiger partial charge in [-0.25, -0.2) is 0 Å². The first-order chi connectivity index (χ1) is 4.18. The third-order valence-corrected chi connectivity index (χ3v) is 1.39. The van der Waals surface area contributed by atoms with E-state index in [2.05, 4.69) is 15.9 Å². The summed E-state index contributed by atoms with van der Waals surface area (Å²) in [6.07, 6.45) is 3.24. The van der Waals surface area contributed by atoms with Crippen LogP contribution in [0.4, 0.5) is 0 Å². The van der Waals surface area contributed by atoms with E-state index in [-0.39, 0.29) is 4.61 Å². The molecule has 3 nitrogen and oxygen atoms in total. The first kappa shape index (κ1) is 8.62. The number of unbranched alkanes of at least 4 members (excludes halogenated alkanes) is 1. The van der Waals surface area contributed by atoms with Crippen LogP contribution in [0.2, 0.25) is 0 Å². The molecule has 4 heteroatoms. The Morgan fingerprint density at radius 2 is 2.44 bits per heavy atom. The lowest BCUT2D eigenvalue weighted by Gasteiger charge is -1.84. The summed E-state index contributed by atoms with van der Waals surface area (Å²) in [6.45, 7) is 1.97. The predicted molar refractivity (Wildman–Crippen MR) is 38.9 cm³/mol. The second-order valence-corrected chi connectivity index (χ2v) is 2.39. The maximum Gasteiger partial charge on any atom is 0.306 e. The molecule has 0 aliphatic carbocycles. The number of halogens is 1. The van der Waals surface area contributed by atoms with Crippen molar-refractivity contribution < 1.29 is 4.92 Å². The van der Waals surface area contributed by atoms with Gasteiger partial charge in [0.25, 0.3) is 0 Å². The number of hydrogen-bond donors (Lipinski definition) is 0. The van der Waals surface area contributed by atoms with Gasteiger partial charge in [-0.05, 0) is 6.42 Å². The van der Waals surface area contributed by atoms with Gasteiger partial charge in [-0.2, -0.15) is 0 Å². The van der Waals surface area contributed by atoms with Crippen LogP contribution in [-0.2, 0) is 0 Å². The number of nitrogens with zero attached hydrogens (tertiary/aromatic N) is 1. The van der Waals surface area contributed by atoms with Crippen molar-refractivity contribution in [3.63, 3.8) is 0 Å². The van der Waals surface area contributed by atoms with Gasteiger partial charge in [0.15, 0.2) is 0 Å². The Labute approximate surface area is 62.0 Å². The maximum atomic E-state index is 9.90. The zero-order valence-corrected chi connectivity index (χ0v) is 6.72. The summed E-state index contributed by atoms with van der Waals surface area (Å²) in [6, 6.07) is 0. The predicted octanol–water partition coefficient (Wildman–Crippen LogP) is 2.30. The highest BCUT2D eigenvalue weighted by Crippen LogP contribution is 2.06. The molecular weight excluding hydrogens is 186 g/mol. The van der Waals surface area contributed by atoms with Crippen LogP contribution >= 0.6 is 15.9 Å². The second kappa shape index (κ2) is 4.49. The first-order valence-corrected chi connectivity index (χ1v) is 3.47. The fraction of sp³-hybridized carbons (Fsp3) is 0.600. The Morgan fingerprint density at radius 1 is 1.89 bits per heavy atom. The third kappa shape index (κ3) is 4.14. The Bertz CT molecular complexity index is 133. The summed E-state index contributed by atoms with van der Waals surface area (Å²) < 4.78 is 0.0596. The van der Waals surface area contributed by atoms with Crippen LogP contribution in [0.5, 0.6) is 0 Å². The van der Waals surface area contributed by atoms with E-state index in [1.807, 2.05) is 6.92 Å². The Hall–Kier alpha value is -0.380. The minimum Gasteiger partial charge on any atom is -0.258 e. The van der Waals surface area contributed by atoms with Crippen molar-refractivity contribution in [2.24, 2.45) is 0 Å². The monoisotopic (exact) mass is 193 g/mol. The lowest BCUT2D eigenvalue weighted by molar-refractivity contribution is -0.409. The molecule has 0 unspecified atom stereocenters. The molecule has 0 heterocycles. The summed E-state index contributed by atoms with van der Waals surface area (Å²) in [4.78, 5) is 9.45. The van der Waals surface area contributed by atoms with E-state index in [1.54, 1.807) is 6.08 Å². The van der Waals surface area contributed by atoms with Gasteiger partial charge in [0.2, 0.25) is 0 Å². The van der Waals surface area contributed by atoms with Gasteiger partial charge < -0.3 is 0 Å². The third-order valence-electron chi connectivity index (χ3n) is 0.776. The Morgan fingerprint density at radius 3 is 2.78 bits per heavy atom. The molecule has 0 aromatic carbocycles. The van der Waals surface area contributed by atoms with Gasteiger partial charge in [0, 0.05) is 22.0 Å². The molecule has 0 aromatic heterocycles. The van der Waals surface area contributed by atoms with E-state index in [0.717, 1.165) is 12.8 Å².